The van der Waals surface area contributed by atoms with Crippen molar-refractivity contribution in [2.24, 2.45) is 11.3 Å². The molecule has 1 atom stereocenters. The average molecular weight is 374 g/mol. The minimum Gasteiger partial charge on any atom is -0.368 e. The van der Waals surface area contributed by atoms with Crippen molar-refractivity contribution in [3.63, 3.8) is 0 Å². The van der Waals surface area contributed by atoms with E-state index >= 15 is 0 Å². The van der Waals surface area contributed by atoms with Crippen LogP contribution in [0.1, 0.15) is 26.2 Å². The lowest BCUT2D eigenvalue weighted by molar-refractivity contribution is -0.148. The second-order valence-electron chi connectivity index (χ2n) is 8.26. The average Bonchev–Trinajstić information content (AvgIpc) is 2.73. The van der Waals surface area contributed by atoms with Crippen LogP contribution in [0.4, 0.5) is 5.69 Å². The summed E-state index contributed by atoms with van der Waals surface area (Å²) >= 11 is 0. The van der Waals surface area contributed by atoms with Crippen molar-refractivity contribution >= 4 is 11.6 Å². The molecular formula is C21H35N5O. The van der Waals surface area contributed by atoms with Crippen LogP contribution in [0.25, 0.3) is 0 Å². The van der Waals surface area contributed by atoms with Crippen molar-refractivity contribution in [1.82, 2.24) is 20.1 Å². The Bertz CT molecular complexity index is 594. The highest BCUT2D eigenvalue weighted by Gasteiger charge is 2.47. The first-order chi connectivity index (χ1) is 13.1. The van der Waals surface area contributed by atoms with Crippen molar-refractivity contribution in [3.05, 3.63) is 24.5 Å². The SMILES string of the molecule is CCC(CN(C)C)(C(=O)N1CCN(c2ccncc2)CC1)C1CCNCC1. The maximum atomic E-state index is 13.8. The minimum absolute atomic E-state index is 0.259. The van der Waals surface area contributed by atoms with Crippen molar-refractivity contribution in [2.45, 2.75) is 26.2 Å². The van der Waals surface area contributed by atoms with Crippen molar-refractivity contribution in [2.75, 3.05) is 64.8 Å². The number of pyridine rings is 1. The molecule has 27 heavy (non-hydrogen) atoms. The molecule has 1 N–H and O–H groups in total. The van der Waals surface area contributed by atoms with E-state index in [1.807, 2.05) is 12.4 Å². The van der Waals surface area contributed by atoms with Gasteiger partial charge in [0.1, 0.15) is 0 Å². The van der Waals surface area contributed by atoms with Gasteiger partial charge >= 0.3 is 0 Å². The van der Waals surface area contributed by atoms with E-state index in [0.29, 0.717) is 11.8 Å². The highest BCUT2D eigenvalue weighted by Crippen LogP contribution is 2.40. The van der Waals surface area contributed by atoms with E-state index < -0.39 is 0 Å². The molecule has 1 amide bonds. The quantitative estimate of drug-likeness (QED) is 0.822. The van der Waals surface area contributed by atoms with Gasteiger partial charge in [0, 0.05) is 50.8 Å². The largest absolute Gasteiger partial charge is 0.368 e. The second-order valence-corrected chi connectivity index (χ2v) is 8.26. The summed E-state index contributed by atoms with van der Waals surface area (Å²) in [5.41, 5.74) is 0.940. The van der Waals surface area contributed by atoms with Gasteiger partial charge < -0.3 is 20.0 Å². The number of anilines is 1. The Morgan fingerprint density at radius 2 is 1.81 bits per heavy atom. The number of carbonyl (C=O) groups excluding carboxylic acids is 1. The van der Waals surface area contributed by atoms with Crippen molar-refractivity contribution in [3.8, 4) is 0 Å². The van der Waals surface area contributed by atoms with E-state index in [2.05, 4.69) is 58.2 Å². The number of aromatic nitrogens is 1. The first kappa shape index (κ1) is 20.1. The van der Waals surface area contributed by atoms with Crippen LogP contribution < -0.4 is 10.2 Å². The molecule has 3 rings (SSSR count). The van der Waals surface area contributed by atoms with E-state index in [9.17, 15) is 4.79 Å². The number of piperidine rings is 1. The number of piperazine rings is 1. The molecule has 1 aromatic heterocycles. The fourth-order valence-electron chi connectivity index (χ4n) is 4.90. The van der Waals surface area contributed by atoms with Gasteiger partial charge in [0.2, 0.25) is 5.91 Å². The molecule has 0 bridgehead atoms. The normalized spacial score (nSPS) is 21.3. The summed E-state index contributed by atoms with van der Waals surface area (Å²) in [6, 6.07) is 4.10. The van der Waals surface area contributed by atoms with E-state index in [1.54, 1.807) is 0 Å². The zero-order valence-electron chi connectivity index (χ0n) is 17.2. The highest BCUT2D eigenvalue weighted by atomic mass is 16.2. The predicted molar refractivity (Wildman–Crippen MR) is 110 cm³/mol. The van der Waals surface area contributed by atoms with E-state index in [-0.39, 0.29) is 5.41 Å². The van der Waals surface area contributed by atoms with E-state index in [0.717, 1.165) is 65.1 Å². The lowest BCUT2D eigenvalue weighted by atomic mass is 9.67. The molecule has 2 saturated heterocycles. The summed E-state index contributed by atoms with van der Waals surface area (Å²) in [4.78, 5) is 24.6. The maximum absolute atomic E-state index is 13.8. The van der Waals surface area contributed by atoms with E-state index in [1.165, 1.54) is 5.69 Å². The molecule has 0 aliphatic carbocycles. The molecule has 0 spiro atoms. The molecule has 6 nitrogen and oxygen atoms in total. The number of hydrogen-bond acceptors (Lipinski definition) is 5. The molecule has 150 valence electrons. The molecule has 2 aliphatic rings. The molecule has 0 saturated carbocycles. The zero-order valence-corrected chi connectivity index (χ0v) is 17.2. The Labute approximate surface area is 163 Å². The van der Waals surface area contributed by atoms with Crippen LogP contribution in [-0.2, 0) is 4.79 Å². The molecule has 1 aromatic rings. The van der Waals surface area contributed by atoms with Gasteiger partial charge in [0.05, 0.1) is 5.41 Å². The van der Waals surface area contributed by atoms with Gasteiger partial charge in [0.15, 0.2) is 0 Å². The first-order valence-corrected chi connectivity index (χ1v) is 10.4. The Balaban J connectivity index is 1.72. The number of nitrogens with one attached hydrogen (secondary N) is 1. The van der Waals surface area contributed by atoms with E-state index in [4.69, 9.17) is 0 Å². The standard InChI is InChI=1S/C21H35N5O/c1-4-21(17-24(2)3,18-5-9-22-10-6-18)20(27)26-15-13-25(14-16-26)19-7-11-23-12-8-19/h7-8,11-12,18,22H,4-6,9-10,13-17H2,1-3H3. The smallest absolute Gasteiger partial charge is 0.230 e. The van der Waals surface area contributed by atoms with Crippen LogP contribution in [-0.4, -0.2) is 80.6 Å². The van der Waals surface area contributed by atoms with Crippen molar-refractivity contribution < 1.29 is 4.79 Å². The van der Waals surface area contributed by atoms with Gasteiger partial charge in [-0.3, -0.25) is 9.78 Å². The lowest BCUT2D eigenvalue weighted by Crippen LogP contribution is -2.58. The molecule has 2 aliphatic heterocycles. The third-order valence-electron chi connectivity index (χ3n) is 6.37. The van der Waals surface area contributed by atoms with Crippen LogP contribution in [0.15, 0.2) is 24.5 Å². The maximum Gasteiger partial charge on any atom is 0.230 e. The Kier molecular flexibility index (Phi) is 6.71. The third-order valence-corrected chi connectivity index (χ3v) is 6.37. The lowest BCUT2D eigenvalue weighted by Gasteiger charge is -2.47. The summed E-state index contributed by atoms with van der Waals surface area (Å²) in [6.07, 6.45) is 6.79. The van der Waals surface area contributed by atoms with Gasteiger partial charge in [0.25, 0.3) is 0 Å². The summed E-state index contributed by atoms with van der Waals surface area (Å²) < 4.78 is 0. The van der Waals surface area contributed by atoms with Crippen LogP contribution in [0, 0.1) is 11.3 Å². The van der Waals surface area contributed by atoms with Crippen LogP contribution in [0.3, 0.4) is 0 Å². The summed E-state index contributed by atoms with van der Waals surface area (Å²) in [5, 5.41) is 3.46. The second kappa shape index (κ2) is 9.02. The van der Waals surface area contributed by atoms with Crippen molar-refractivity contribution in [1.29, 1.82) is 0 Å². The molecule has 0 radical (unpaired) electrons. The van der Waals surface area contributed by atoms with Gasteiger partial charge in [-0.2, -0.15) is 0 Å². The fourth-order valence-corrected chi connectivity index (χ4v) is 4.90. The molecule has 2 fully saturated rings. The topological polar surface area (TPSA) is 51.7 Å². The molecule has 6 heteroatoms. The van der Waals surface area contributed by atoms with Crippen LogP contribution in [0.5, 0.6) is 0 Å². The monoisotopic (exact) mass is 373 g/mol. The Hall–Kier alpha value is -1.66. The number of nitrogens with zero attached hydrogens (tertiary/aromatic N) is 4. The number of rotatable bonds is 6. The number of hydrogen-bond donors (Lipinski definition) is 1. The number of carbonyl (C=O) groups is 1. The number of amides is 1. The molecule has 0 aromatic carbocycles. The Morgan fingerprint density at radius 1 is 1.19 bits per heavy atom. The summed E-state index contributed by atoms with van der Waals surface area (Å²) in [6.45, 7) is 8.51. The first-order valence-electron chi connectivity index (χ1n) is 10.4. The van der Waals surface area contributed by atoms with Gasteiger partial charge in [-0.1, -0.05) is 6.92 Å². The molecule has 3 heterocycles. The van der Waals surface area contributed by atoms with Gasteiger partial charge in [-0.15, -0.1) is 0 Å². The molecular weight excluding hydrogens is 338 g/mol. The zero-order chi connectivity index (χ0) is 19.3. The fraction of sp³-hybridized carbons (Fsp3) is 0.714. The van der Waals surface area contributed by atoms with Gasteiger partial charge in [-0.25, -0.2) is 0 Å². The summed E-state index contributed by atoms with van der Waals surface area (Å²) in [7, 11) is 4.19. The predicted octanol–water partition coefficient (Wildman–Crippen LogP) is 1.69. The Morgan fingerprint density at radius 3 is 2.37 bits per heavy atom. The summed E-state index contributed by atoms with van der Waals surface area (Å²) in [5.74, 6) is 0.844. The minimum atomic E-state index is -0.259. The molecule has 1 unspecified atom stereocenters. The third kappa shape index (κ3) is 4.43. The van der Waals surface area contributed by atoms with Crippen LogP contribution >= 0.6 is 0 Å². The highest BCUT2D eigenvalue weighted by molar-refractivity contribution is 5.83. The van der Waals surface area contributed by atoms with Crippen LogP contribution in [0.2, 0.25) is 0 Å². The van der Waals surface area contributed by atoms with Gasteiger partial charge in [-0.05, 0) is 64.5 Å².